The molecule has 2 aromatic carbocycles. The Hall–Kier alpha value is -2.17. The quantitative estimate of drug-likeness (QED) is 0.508. The van der Waals surface area contributed by atoms with Crippen molar-refractivity contribution in [3.05, 3.63) is 52.9 Å². The number of hydrogen-bond donors (Lipinski definition) is 0. The van der Waals surface area contributed by atoms with Gasteiger partial charge >= 0.3 is 0 Å². The van der Waals surface area contributed by atoms with Crippen molar-refractivity contribution in [2.24, 2.45) is 0 Å². The van der Waals surface area contributed by atoms with Crippen molar-refractivity contribution >= 4 is 45.1 Å². The first-order chi connectivity index (χ1) is 12.7. The fourth-order valence-corrected chi connectivity index (χ4v) is 2.25. The van der Waals surface area contributed by atoms with Gasteiger partial charge in [0.2, 0.25) is 10.6 Å². The fraction of sp³-hybridized carbons (Fsp3) is 0. The molecule has 0 saturated heterocycles. The Morgan fingerprint density at radius 3 is 2.48 bits per heavy atom. The van der Waals surface area contributed by atoms with Crippen LogP contribution in [0.1, 0.15) is 8.22 Å². The average molecular weight is 322 g/mol. The molecule has 0 bridgehead atoms. The molecule has 0 aliphatic rings. The van der Waals surface area contributed by atoms with Gasteiger partial charge in [-0.15, -0.1) is 0 Å². The summed E-state index contributed by atoms with van der Waals surface area (Å²) in [5.41, 5.74) is -0.278. The molecule has 0 atom stereocenters. The summed E-state index contributed by atoms with van der Waals surface area (Å²) in [5, 5.41) is -0.406. The highest BCUT2D eigenvalue weighted by Gasteiger charge is 2.10. The molecule has 0 saturated carbocycles. The molecule has 0 amide bonds. The van der Waals surface area contributed by atoms with E-state index in [0.717, 1.165) is 6.07 Å². The zero-order valence-corrected chi connectivity index (χ0v) is 11.6. The molecule has 0 aliphatic carbocycles. The maximum absolute atomic E-state index is 8.43. The lowest BCUT2D eigenvalue weighted by Crippen LogP contribution is -1.93. The maximum atomic E-state index is 8.43. The second-order valence-corrected chi connectivity index (χ2v) is 4.69. The van der Waals surface area contributed by atoms with Crippen LogP contribution in [0.5, 0.6) is 0 Å². The van der Waals surface area contributed by atoms with Crippen molar-refractivity contribution < 1.29 is 12.6 Å². The number of rotatable bonds is 1. The Morgan fingerprint density at radius 1 is 0.905 bits per heavy atom. The third kappa shape index (κ3) is 2.13. The van der Waals surface area contributed by atoms with E-state index in [-0.39, 0.29) is 74.1 Å². The summed E-state index contributed by atoms with van der Waals surface area (Å²) in [5.74, 6) is -0.163. The van der Waals surface area contributed by atoms with Crippen molar-refractivity contribution in [1.82, 2.24) is 15.0 Å². The number of nitrogens with zero attached hydrogens (tertiary/aromatic N) is 3. The van der Waals surface area contributed by atoms with E-state index < -0.39 is 6.04 Å². The zero-order chi connectivity index (χ0) is 19.6. The lowest BCUT2D eigenvalue weighted by Gasteiger charge is -2.00. The van der Waals surface area contributed by atoms with Crippen LogP contribution in [0, 0.1) is 0 Å². The molecule has 0 fully saturated rings. The number of halogens is 2. The summed E-state index contributed by atoms with van der Waals surface area (Å²) >= 11 is 11.6. The smallest absolute Gasteiger partial charge is 0.227 e. The van der Waals surface area contributed by atoms with Crippen LogP contribution in [0.4, 0.5) is 0 Å². The van der Waals surface area contributed by atoms with Gasteiger partial charge in [-0.3, -0.25) is 0 Å². The molecule has 21 heavy (non-hydrogen) atoms. The first-order valence-electron chi connectivity index (χ1n) is 8.71. The Labute approximate surface area is 137 Å². The van der Waals surface area contributed by atoms with Gasteiger partial charge in [0.25, 0.3) is 0 Å². The predicted octanol–water partition coefficient (Wildman–Crippen LogP) is 4.74. The van der Waals surface area contributed by atoms with Crippen LogP contribution in [-0.4, -0.2) is 15.0 Å². The molecule has 4 nitrogen and oxygen atoms in total. The molecule has 4 rings (SSSR count). The van der Waals surface area contributed by atoms with Gasteiger partial charge in [-0.25, -0.2) is 0 Å². The van der Waals surface area contributed by atoms with Crippen LogP contribution in [0.15, 0.2) is 46.7 Å². The lowest BCUT2D eigenvalue weighted by atomic mass is 10.1. The molecule has 6 heteroatoms. The number of para-hydroxylation sites is 1. The van der Waals surface area contributed by atoms with E-state index in [9.17, 15) is 0 Å². The first kappa shape index (κ1) is 7.73. The summed E-state index contributed by atoms with van der Waals surface area (Å²) in [6.07, 6.45) is 0. The zero-order valence-electron chi connectivity index (χ0n) is 16.1. The van der Waals surface area contributed by atoms with Crippen LogP contribution in [0.25, 0.3) is 33.3 Å². The van der Waals surface area contributed by atoms with Crippen LogP contribution in [0.2, 0.25) is 10.6 Å². The van der Waals surface area contributed by atoms with Gasteiger partial charge in [-0.2, -0.15) is 15.0 Å². The fourth-order valence-electron chi connectivity index (χ4n) is 1.89. The Balaban J connectivity index is 2.21. The van der Waals surface area contributed by atoms with Gasteiger partial charge in [-0.05, 0) is 41.3 Å². The molecule has 2 aromatic heterocycles. The summed E-state index contributed by atoms with van der Waals surface area (Å²) in [6, 6.07) is -0.519. The minimum absolute atomic E-state index is 0.0163. The molecule has 0 aliphatic heterocycles. The highest BCUT2D eigenvalue weighted by Crippen LogP contribution is 2.31. The molecule has 2 heterocycles. The van der Waals surface area contributed by atoms with E-state index in [2.05, 4.69) is 15.0 Å². The molecule has 0 N–H and O–H groups in total. The van der Waals surface area contributed by atoms with Crippen molar-refractivity contribution in [2.45, 2.75) is 0 Å². The highest BCUT2D eigenvalue weighted by atomic mass is 35.5. The number of aromatic nitrogens is 3. The van der Waals surface area contributed by atoms with Crippen LogP contribution in [0.3, 0.4) is 0 Å². The number of furan rings is 1. The monoisotopic (exact) mass is 321 g/mol. The Bertz CT molecular complexity index is 1260. The van der Waals surface area contributed by atoms with Gasteiger partial charge in [0.05, 0.1) is 8.22 Å². The van der Waals surface area contributed by atoms with Crippen molar-refractivity contribution in [3.8, 4) is 11.4 Å². The minimum Gasteiger partial charge on any atom is -0.456 e. The van der Waals surface area contributed by atoms with Gasteiger partial charge in [0, 0.05) is 16.3 Å². The summed E-state index contributed by atoms with van der Waals surface area (Å²) in [7, 11) is 0. The molecular formula is C15H7Cl2N3O. The summed E-state index contributed by atoms with van der Waals surface area (Å²) < 4.78 is 54.5. The topological polar surface area (TPSA) is 51.8 Å². The van der Waals surface area contributed by atoms with Crippen molar-refractivity contribution in [2.75, 3.05) is 0 Å². The molecule has 0 spiro atoms. The Kier molecular flexibility index (Phi) is 1.72. The van der Waals surface area contributed by atoms with E-state index in [1.807, 2.05) is 0 Å². The summed E-state index contributed by atoms with van der Waals surface area (Å²) in [4.78, 5) is 11.4. The van der Waals surface area contributed by atoms with Crippen molar-refractivity contribution in [3.63, 3.8) is 0 Å². The second kappa shape index (κ2) is 4.69. The van der Waals surface area contributed by atoms with Crippen LogP contribution >= 0.6 is 23.2 Å². The van der Waals surface area contributed by atoms with Crippen molar-refractivity contribution in [1.29, 1.82) is 0 Å². The van der Waals surface area contributed by atoms with Gasteiger partial charge in [0.1, 0.15) is 11.2 Å². The van der Waals surface area contributed by atoms with Gasteiger partial charge in [-0.1, -0.05) is 24.2 Å². The van der Waals surface area contributed by atoms with E-state index in [1.165, 1.54) is 0 Å². The number of benzene rings is 2. The molecule has 102 valence electrons. The Morgan fingerprint density at radius 2 is 1.67 bits per heavy atom. The van der Waals surface area contributed by atoms with Crippen LogP contribution < -0.4 is 0 Å². The predicted molar refractivity (Wildman–Crippen MR) is 82.6 cm³/mol. The van der Waals surface area contributed by atoms with Gasteiger partial charge in [0.15, 0.2) is 5.82 Å². The molecule has 4 aromatic rings. The molecule has 0 unspecified atom stereocenters. The standard InChI is InChI=1S/C15H7Cl2N3O/c16-14-18-13(19-15(17)20-14)8-5-6-10-9-3-1-2-4-11(9)21-12(10)7-8/h1-7H/i1D,3D,4D,5D,6D,7D. The lowest BCUT2D eigenvalue weighted by molar-refractivity contribution is 0.669. The number of hydrogen-bond acceptors (Lipinski definition) is 4. The number of fused-ring (bicyclic) bond motifs is 3. The van der Waals surface area contributed by atoms with Crippen LogP contribution in [-0.2, 0) is 0 Å². The largest absolute Gasteiger partial charge is 0.456 e. The summed E-state index contributed by atoms with van der Waals surface area (Å²) in [6.45, 7) is 0. The second-order valence-electron chi connectivity index (χ2n) is 4.02. The maximum Gasteiger partial charge on any atom is 0.227 e. The van der Waals surface area contributed by atoms with E-state index in [4.69, 9.17) is 35.8 Å². The van der Waals surface area contributed by atoms with E-state index in [1.54, 1.807) is 0 Å². The first-order valence-corrected chi connectivity index (χ1v) is 6.46. The van der Waals surface area contributed by atoms with E-state index in [0.29, 0.717) is 0 Å². The van der Waals surface area contributed by atoms with E-state index >= 15 is 0 Å². The minimum atomic E-state index is -0.394. The third-order valence-electron chi connectivity index (χ3n) is 2.74. The molecule has 0 radical (unpaired) electrons. The third-order valence-corrected chi connectivity index (χ3v) is 3.07. The average Bonchev–Trinajstić information content (AvgIpc) is 2.99. The SMILES string of the molecule is [2H]c1cc([2H])c2oc3c([2H])c(-c4nc(Cl)nc(Cl)n4)c([2H])c([2H])c3c2c1[2H]. The van der Waals surface area contributed by atoms with Gasteiger partial charge < -0.3 is 4.42 Å². The molecular weight excluding hydrogens is 309 g/mol. The highest BCUT2D eigenvalue weighted by molar-refractivity contribution is 6.31. The normalized spacial score (nSPS) is 15.3.